The van der Waals surface area contributed by atoms with Crippen molar-refractivity contribution in [1.82, 2.24) is 0 Å². The van der Waals surface area contributed by atoms with Gasteiger partial charge in [-0.1, -0.05) is 70.4 Å². The molecule has 1 rings (SSSR count). The molecule has 1 aromatic rings. The van der Waals surface area contributed by atoms with Crippen molar-refractivity contribution in [2.45, 2.75) is 70.0 Å². The molecule has 0 radical (unpaired) electrons. The van der Waals surface area contributed by atoms with Crippen LogP contribution in [0.2, 0.25) is 0 Å². The van der Waals surface area contributed by atoms with E-state index in [1.165, 1.54) is 56.9 Å². The maximum absolute atomic E-state index is 9.25. The van der Waals surface area contributed by atoms with Gasteiger partial charge in [-0.15, -0.1) is 0 Å². The standard InChI is InChI=1S/C17H28OS/c1-2-3-4-5-6-7-8-9-10-17(19)15-11-13-16(18)14-12-15/h11-14,17-19H,2-10H2,1H3. The molecule has 0 saturated heterocycles. The van der Waals surface area contributed by atoms with Crippen LogP contribution in [0, 0.1) is 0 Å². The Morgan fingerprint density at radius 1 is 0.895 bits per heavy atom. The summed E-state index contributed by atoms with van der Waals surface area (Å²) in [5.74, 6) is 0.330. The van der Waals surface area contributed by atoms with Gasteiger partial charge in [0.2, 0.25) is 0 Å². The first-order valence-corrected chi connectivity index (χ1v) is 8.22. The lowest BCUT2D eigenvalue weighted by Gasteiger charge is -2.11. The molecule has 0 saturated carbocycles. The van der Waals surface area contributed by atoms with Gasteiger partial charge in [-0.2, -0.15) is 12.6 Å². The average molecular weight is 280 g/mol. The highest BCUT2D eigenvalue weighted by Gasteiger charge is 2.05. The van der Waals surface area contributed by atoms with E-state index in [1.54, 1.807) is 12.1 Å². The van der Waals surface area contributed by atoms with Crippen LogP contribution in [0.5, 0.6) is 5.75 Å². The first-order chi connectivity index (χ1) is 9.24. The van der Waals surface area contributed by atoms with Gasteiger partial charge in [0.05, 0.1) is 0 Å². The van der Waals surface area contributed by atoms with E-state index >= 15 is 0 Å². The Bertz CT molecular complexity index is 321. The lowest BCUT2D eigenvalue weighted by molar-refractivity contribution is 0.475. The highest BCUT2D eigenvalue weighted by molar-refractivity contribution is 7.80. The molecule has 1 nitrogen and oxygen atoms in total. The molecule has 1 unspecified atom stereocenters. The van der Waals surface area contributed by atoms with Gasteiger partial charge in [0.25, 0.3) is 0 Å². The molecule has 0 aliphatic carbocycles. The molecule has 108 valence electrons. The smallest absolute Gasteiger partial charge is 0.115 e. The van der Waals surface area contributed by atoms with E-state index in [2.05, 4.69) is 19.6 Å². The van der Waals surface area contributed by atoms with Crippen LogP contribution in [-0.2, 0) is 0 Å². The van der Waals surface area contributed by atoms with Crippen molar-refractivity contribution in [2.75, 3.05) is 0 Å². The fourth-order valence-electron chi connectivity index (χ4n) is 2.33. The molecule has 1 aromatic carbocycles. The summed E-state index contributed by atoms with van der Waals surface area (Å²) in [5.41, 5.74) is 1.21. The molecular formula is C17H28OS. The van der Waals surface area contributed by atoms with Gasteiger partial charge in [0.1, 0.15) is 5.75 Å². The van der Waals surface area contributed by atoms with Gasteiger partial charge in [-0.25, -0.2) is 0 Å². The molecular weight excluding hydrogens is 252 g/mol. The number of phenolic OH excluding ortho intramolecular Hbond substituents is 1. The van der Waals surface area contributed by atoms with Gasteiger partial charge in [0.15, 0.2) is 0 Å². The van der Waals surface area contributed by atoms with Crippen molar-refractivity contribution in [1.29, 1.82) is 0 Å². The number of unbranched alkanes of at least 4 members (excludes halogenated alkanes) is 7. The zero-order chi connectivity index (χ0) is 13.9. The molecule has 0 fully saturated rings. The molecule has 0 heterocycles. The molecule has 19 heavy (non-hydrogen) atoms. The Balaban J connectivity index is 2.04. The Labute approximate surface area is 123 Å². The van der Waals surface area contributed by atoms with Gasteiger partial charge < -0.3 is 5.11 Å². The third-order valence-corrected chi connectivity index (χ3v) is 4.17. The molecule has 1 atom stereocenters. The largest absolute Gasteiger partial charge is 0.508 e. The summed E-state index contributed by atoms with van der Waals surface area (Å²) < 4.78 is 0. The molecule has 0 spiro atoms. The Morgan fingerprint density at radius 2 is 1.42 bits per heavy atom. The Hall–Kier alpha value is -0.630. The second kappa shape index (κ2) is 10.2. The molecule has 0 amide bonds. The first-order valence-electron chi connectivity index (χ1n) is 7.71. The van der Waals surface area contributed by atoms with E-state index in [4.69, 9.17) is 0 Å². The maximum atomic E-state index is 9.25. The van der Waals surface area contributed by atoms with E-state index in [-0.39, 0.29) is 0 Å². The van der Waals surface area contributed by atoms with Crippen LogP contribution in [0.15, 0.2) is 24.3 Å². The minimum atomic E-state index is 0.306. The van der Waals surface area contributed by atoms with Crippen molar-refractivity contribution in [2.24, 2.45) is 0 Å². The van der Waals surface area contributed by atoms with Gasteiger partial charge in [-0.3, -0.25) is 0 Å². The molecule has 0 aliphatic rings. The number of phenols is 1. The third kappa shape index (κ3) is 7.51. The Kier molecular flexibility index (Phi) is 8.81. The lowest BCUT2D eigenvalue weighted by Crippen LogP contribution is -1.91. The van der Waals surface area contributed by atoms with Crippen LogP contribution in [-0.4, -0.2) is 5.11 Å². The van der Waals surface area contributed by atoms with Gasteiger partial charge in [0, 0.05) is 5.25 Å². The Morgan fingerprint density at radius 3 is 2.00 bits per heavy atom. The summed E-state index contributed by atoms with van der Waals surface area (Å²) in [7, 11) is 0. The fraction of sp³-hybridized carbons (Fsp3) is 0.647. The predicted octanol–water partition coefficient (Wildman–Crippen LogP) is 5.89. The summed E-state index contributed by atoms with van der Waals surface area (Å²) in [5, 5.41) is 9.55. The summed E-state index contributed by atoms with van der Waals surface area (Å²) in [4.78, 5) is 0. The summed E-state index contributed by atoms with van der Waals surface area (Å²) in [6.45, 7) is 2.26. The second-order valence-electron chi connectivity index (χ2n) is 5.37. The average Bonchev–Trinajstić information content (AvgIpc) is 2.42. The number of aromatic hydroxyl groups is 1. The van der Waals surface area contributed by atoms with E-state index in [9.17, 15) is 5.11 Å². The van der Waals surface area contributed by atoms with Crippen LogP contribution in [0.4, 0.5) is 0 Å². The summed E-state index contributed by atoms with van der Waals surface area (Å²) in [6.07, 6.45) is 12.0. The van der Waals surface area contributed by atoms with Crippen molar-refractivity contribution in [3.63, 3.8) is 0 Å². The highest BCUT2D eigenvalue weighted by atomic mass is 32.1. The fourth-order valence-corrected chi connectivity index (χ4v) is 2.69. The van der Waals surface area contributed by atoms with Gasteiger partial charge >= 0.3 is 0 Å². The molecule has 1 N–H and O–H groups in total. The number of thiol groups is 1. The number of benzene rings is 1. The van der Waals surface area contributed by atoms with Crippen molar-refractivity contribution >= 4 is 12.6 Å². The van der Waals surface area contributed by atoms with Crippen LogP contribution in [0.3, 0.4) is 0 Å². The minimum absolute atomic E-state index is 0.306. The van der Waals surface area contributed by atoms with Crippen molar-refractivity contribution < 1.29 is 5.11 Å². The normalized spacial score (nSPS) is 12.5. The summed E-state index contributed by atoms with van der Waals surface area (Å²) in [6, 6.07) is 7.42. The number of hydrogen-bond donors (Lipinski definition) is 2. The monoisotopic (exact) mass is 280 g/mol. The second-order valence-corrected chi connectivity index (χ2v) is 5.99. The minimum Gasteiger partial charge on any atom is -0.508 e. The van der Waals surface area contributed by atoms with Crippen LogP contribution >= 0.6 is 12.6 Å². The highest BCUT2D eigenvalue weighted by Crippen LogP contribution is 2.27. The topological polar surface area (TPSA) is 20.2 Å². The SMILES string of the molecule is CCCCCCCCCCC(S)c1ccc(O)cc1. The zero-order valence-corrected chi connectivity index (χ0v) is 13.0. The maximum Gasteiger partial charge on any atom is 0.115 e. The van der Waals surface area contributed by atoms with Gasteiger partial charge in [-0.05, 0) is 24.1 Å². The predicted molar refractivity (Wildman–Crippen MR) is 87.1 cm³/mol. The number of hydrogen-bond acceptors (Lipinski definition) is 2. The zero-order valence-electron chi connectivity index (χ0n) is 12.1. The third-order valence-electron chi connectivity index (χ3n) is 3.61. The van der Waals surface area contributed by atoms with E-state index in [0.717, 1.165) is 6.42 Å². The van der Waals surface area contributed by atoms with E-state index < -0.39 is 0 Å². The first kappa shape index (κ1) is 16.4. The van der Waals surface area contributed by atoms with Crippen LogP contribution in [0.1, 0.15) is 75.5 Å². The van der Waals surface area contributed by atoms with E-state index in [0.29, 0.717) is 11.0 Å². The van der Waals surface area contributed by atoms with Crippen molar-refractivity contribution in [3.8, 4) is 5.75 Å². The van der Waals surface area contributed by atoms with Crippen molar-refractivity contribution in [3.05, 3.63) is 29.8 Å². The number of rotatable bonds is 10. The molecule has 0 aromatic heterocycles. The van der Waals surface area contributed by atoms with E-state index in [1.807, 2.05) is 12.1 Å². The quantitative estimate of drug-likeness (QED) is 0.404. The lowest BCUT2D eigenvalue weighted by atomic mass is 10.0. The molecule has 2 heteroatoms. The molecule has 0 aliphatic heterocycles. The molecule has 0 bridgehead atoms. The van der Waals surface area contributed by atoms with Crippen LogP contribution < -0.4 is 0 Å². The summed E-state index contributed by atoms with van der Waals surface area (Å²) >= 11 is 4.64. The van der Waals surface area contributed by atoms with Crippen LogP contribution in [0.25, 0.3) is 0 Å².